The van der Waals surface area contributed by atoms with Crippen molar-refractivity contribution in [1.82, 2.24) is 10.3 Å². The van der Waals surface area contributed by atoms with Crippen LogP contribution in [0.1, 0.15) is 29.8 Å². The van der Waals surface area contributed by atoms with Gasteiger partial charge in [-0.15, -0.1) is 0 Å². The van der Waals surface area contributed by atoms with Crippen molar-refractivity contribution in [3.8, 4) is 5.75 Å². The van der Waals surface area contributed by atoms with Crippen molar-refractivity contribution in [3.05, 3.63) is 65.4 Å². The van der Waals surface area contributed by atoms with Crippen LogP contribution in [0.15, 0.2) is 48.5 Å². The minimum Gasteiger partial charge on any atom is -0.494 e. The number of aromatic amines is 1. The number of hydrogen-bond donors (Lipinski definition) is 2. The molecule has 22 heavy (non-hydrogen) atoms. The first-order valence-electron chi connectivity index (χ1n) is 7.93. The van der Waals surface area contributed by atoms with Gasteiger partial charge >= 0.3 is 0 Å². The predicted octanol–water partition coefficient (Wildman–Crippen LogP) is 3.80. The molecule has 112 valence electrons. The molecule has 0 spiro atoms. The molecule has 2 heterocycles. The average molecular weight is 292 g/mol. The highest BCUT2D eigenvalue weighted by Gasteiger charge is 2.26. The Bertz CT molecular complexity index is 806. The van der Waals surface area contributed by atoms with Gasteiger partial charge in [0, 0.05) is 28.7 Å². The van der Waals surface area contributed by atoms with Crippen LogP contribution < -0.4 is 10.1 Å². The van der Waals surface area contributed by atoms with Crippen molar-refractivity contribution in [2.75, 3.05) is 13.2 Å². The second-order valence-electron chi connectivity index (χ2n) is 5.67. The van der Waals surface area contributed by atoms with E-state index in [2.05, 4.69) is 52.8 Å². The quantitative estimate of drug-likeness (QED) is 0.770. The third kappa shape index (κ3) is 2.09. The Morgan fingerprint density at radius 2 is 1.91 bits per heavy atom. The summed E-state index contributed by atoms with van der Waals surface area (Å²) in [6.45, 7) is 3.70. The summed E-state index contributed by atoms with van der Waals surface area (Å²) in [6.07, 6.45) is 1.06. The van der Waals surface area contributed by atoms with Crippen LogP contribution in [0.2, 0.25) is 0 Å². The molecule has 0 saturated heterocycles. The van der Waals surface area contributed by atoms with Gasteiger partial charge in [0.2, 0.25) is 0 Å². The summed E-state index contributed by atoms with van der Waals surface area (Å²) >= 11 is 0. The van der Waals surface area contributed by atoms with Crippen molar-refractivity contribution in [2.24, 2.45) is 0 Å². The maximum atomic E-state index is 5.83. The van der Waals surface area contributed by atoms with E-state index in [9.17, 15) is 0 Å². The van der Waals surface area contributed by atoms with Gasteiger partial charge in [0.1, 0.15) is 5.75 Å². The van der Waals surface area contributed by atoms with Crippen LogP contribution in [-0.2, 0) is 6.42 Å². The second kappa shape index (κ2) is 5.50. The predicted molar refractivity (Wildman–Crippen MR) is 89.5 cm³/mol. The van der Waals surface area contributed by atoms with Gasteiger partial charge in [0.25, 0.3) is 0 Å². The van der Waals surface area contributed by atoms with Crippen LogP contribution in [-0.4, -0.2) is 18.1 Å². The van der Waals surface area contributed by atoms with E-state index >= 15 is 0 Å². The fourth-order valence-electron chi connectivity index (χ4n) is 3.45. The minimum atomic E-state index is 0.166. The first-order valence-corrected chi connectivity index (χ1v) is 7.93. The number of ether oxygens (including phenoxy) is 1. The summed E-state index contributed by atoms with van der Waals surface area (Å²) in [5.74, 6) is 0.967. The lowest BCUT2D eigenvalue weighted by atomic mass is 9.94. The lowest BCUT2D eigenvalue weighted by molar-refractivity contribution is 0.332. The van der Waals surface area contributed by atoms with E-state index in [4.69, 9.17) is 4.74 Å². The van der Waals surface area contributed by atoms with Gasteiger partial charge in [-0.3, -0.25) is 0 Å². The number of rotatable bonds is 3. The molecule has 1 aliphatic rings. The maximum absolute atomic E-state index is 5.83. The maximum Gasteiger partial charge on any atom is 0.124 e. The Hall–Kier alpha value is -2.26. The van der Waals surface area contributed by atoms with Crippen molar-refractivity contribution >= 4 is 10.9 Å². The minimum absolute atomic E-state index is 0.166. The molecule has 4 rings (SSSR count). The number of fused-ring (bicyclic) bond motifs is 3. The Labute approximate surface area is 130 Å². The van der Waals surface area contributed by atoms with Crippen molar-refractivity contribution in [3.63, 3.8) is 0 Å². The van der Waals surface area contributed by atoms with E-state index in [1.54, 1.807) is 0 Å². The van der Waals surface area contributed by atoms with Crippen LogP contribution >= 0.6 is 0 Å². The number of aromatic nitrogens is 1. The molecule has 1 aromatic heterocycles. The molecular weight excluding hydrogens is 272 g/mol. The molecule has 3 heteroatoms. The third-order valence-corrected chi connectivity index (χ3v) is 4.39. The molecule has 0 amide bonds. The van der Waals surface area contributed by atoms with E-state index in [0.29, 0.717) is 6.61 Å². The molecule has 0 aliphatic carbocycles. The molecule has 2 aromatic carbocycles. The van der Waals surface area contributed by atoms with E-state index < -0.39 is 0 Å². The third-order valence-electron chi connectivity index (χ3n) is 4.39. The fourth-order valence-corrected chi connectivity index (χ4v) is 3.45. The SMILES string of the molecule is CCOc1ccccc1C1NCCc2c1[nH]c1ccccc21. The smallest absolute Gasteiger partial charge is 0.124 e. The molecule has 2 N–H and O–H groups in total. The molecule has 0 radical (unpaired) electrons. The monoisotopic (exact) mass is 292 g/mol. The zero-order chi connectivity index (χ0) is 14.9. The number of H-pyrrole nitrogens is 1. The van der Waals surface area contributed by atoms with E-state index in [0.717, 1.165) is 18.7 Å². The zero-order valence-electron chi connectivity index (χ0n) is 12.7. The van der Waals surface area contributed by atoms with Gasteiger partial charge in [-0.05, 0) is 31.0 Å². The zero-order valence-corrected chi connectivity index (χ0v) is 12.7. The van der Waals surface area contributed by atoms with Gasteiger partial charge in [-0.25, -0.2) is 0 Å². The Kier molecular flexibility index (Phi) is 3.35. The van der Waals surface area contributed by atoms with Gasteiger partial charge < -0.3 is 15.0 Å². The topological polar surface area (TPSA) is 37.0 Å². The summed E-state index contributed by atoms with van der Waals surface area (Å²) in [5.41, 5.74) is 5.14. The van der Waals surface area contributed by atoms with E-state index in [-0.39, 0.29) is 6.04 Å². The van der Waals surface area contributed by atoms with Crippen LogP contribution in [0, 0.1) is 0 Å². The fraction of sp³-hybridized carbons (Fsp3) is 0.263. The summed E-state index contributed by atoms with van der Waals surface area (Å²) in [6, 6.07) is 17.0. The summed E-state index contributed by atoms with van der Waals surface area (Å²) in [7, 11) is 0. The molecule has 1 atom stereocenters. The lowest BCUT2D eigenvalue weighted by Gasteiger charge is -2.26. The molecule has 3 aromatic rings. The van der Waals surface area contributed by atoms with Gasteiger partial charge in [-0.1, -0.05) is 36.4 Å². The van der Waals surface area contributed by atoms with Crippen LogP contribution in [0.5, 0.6) is 5.75 Å². The summed E-state index contributed by atoms with van der Waals surface area (Å²) < 4.78 is 5.83. The number of hydrogen-bond acceptors (Lipinski definition) is 2. The van der Waals surface area contributed by atoms with Crippen LogP contribution in [0.3, 0.4) is 0 Å². The van der Waals surface area contributed by atoms with Crippen molar-refractivity contribution < 1.29 is 4.74 Å². The summed E-state index contributed by atoms with van der Waals surface area (Å²) in [5, 5.41) is 4.99. The van der Waals surface area contributed by atoms with Crippen LogP contribution in [0.25, 0.3) is 10.9 Å². The standard InChI is InChI=1S/C19H20N2O/c1-2-22-17-10-6-4-8-15(17)18-19-14(11-12-20-18)13-7-3-5-9-16(13)21-19/h3-10,18,20-21H,2,11-12H2,1H3. The molecule has 0 fully saturated rings. The molecule has 1 unspecified atom stereocenters. The lowest BCUT2D eigenvalue weighted by Crippen LogP contribution is -2.30. The van der Waals surface area contributed by atoms with E-state index in [1.807, 2.05) is 13.0 Å². The van der Waals surface area contributed by atoms with E-state index in [1.165, 1.54) is 27.7 Å². The number of benzene rings is 2. The second-order valence-corrected chi connectivity index (χ2v) is 5.67. The normalized spacial score (nSPS) is 17.4. The van der Waals surface area contributed by atoms with Crippen molar-refractivity contribution in [1.29, 1.82) is 0 Å². The van der Waals surface area contributed by atoms with Gasteiger partial charge in [-0.2, -0.15) is 0 Å². The Morgan fingerprint density at radius 1 is 1.09 bits per heavy atom. The summed E-state index contributed by atoms with van der Waals surface area (Å²) in [4.78, 5) is 3.62. The first-order chi connectivity index (χ1) is 10.9. The highest BCUT2D eigenvalue weighted by atomic mass is 16.5. The molecule has 1 aliphatic heterocycles. The van der Waals surface area contributed by atoms with Crippen LogP contribution in [0.4, 0.5) is 0 Å². The number of para-hydroxylation sites is 2. The van der Waals surface area contributed by atoms with Gasteiger partial charge in [0.05, 0.1) is 12.6 Å². The largest absolute Gasteiger partial charge is 0.494 e. The molecule has 0 bridgehead atoms. The molecule has 0 saturated carbocycles. The first kappa shape index (κ1) is 13.4. The van der Waals surface area contributed by atoms with Gasteiger partial charge in [0.15, 0.2) is 0 Å². The van der Waals surface area contributed by atoms with Crippen molar-refractivity contribution in [2.45, 2.75) is 19.4 Å². The Balaban J connectivity index is 1.86. The molecule has 3 nitrogen and oxygen atoms in total. The highest BCUT2D eigenvalue weighted by Crippen LogP contribution is 2.36. The molecular formula is C19H20N2O. The highest BCUT2D eigenvalue weighted by molar-refractivity contribution is 5.85. The number of nitrogens with one attached hydrogen (secondary N) is 2. The Morgan fingerprint density at radius 3 is 2.82 bits per heavy atom. The average Bonchev–Trinajstić information content (AvgIpc) is 2.94.